The Morgan fingerprint density at radius 2 is 2.22 bits per heavy atom. The Labute approximate surface area is 107 Å². The molecule has 0 saturated heterocycles. The minimum absolute atomic E-state index is 0.118. The van der Waals surface area contributed by atoms with Gasteiger partial charge in [-0.1, -0.05) is 13.8 Å². The zero-order valence-electron chi connectivity index (χ0n) is 11.1. The molecule has 0 radical (unpaired) electrons. The van der Waals surface area contributed by atoms with Gasteiger partial charge < -0.3 is 15.2 Å². The van der Waals surface area contributed by atoms with Gasteiger partial charge in [0, 0.05) is 25.4 Å². The minimum atomic E-state index is -0.170. The number of pyridine rings is 1. The zero-order valence-corrected chi connectivity index (χ0v) is 11.1. The van der Waals surface area contributed by atoms with Crippen LogP contribution in [0.2, 0.25) is 0 Å². The molecule has 2 N–H and O–H groups in total. The van der Waals surface area contributed by atoms with Gasteiger partial charge >= 0.3 is 0 Å². The summed E-state index contributed by atoms with van der Waals surface area (Å²) in [4.78, 5) is 15.8. The monoisotopic (exact) mass is 252 g/mol. The molecule has 0 aliphatic carbocycles. The van der Waals surface area contributed by atoms with Crippen LogP contribution in [0.15, 0.2) is 18.3 Å². The second-order valence-corrected chi connectivity index (χ2v) is 4.91. The van der Waals surface area contributed by atoms with Crippen LogP contribution in [0.1, 0.15) is 30.6 Å². The first kappa shape index (κ1) is 14.4. The second-order valence-electron chi connectivity index (χ2n) is 4.91. The summed E-state index contributed by atoms with van der Waals surface area (Å²) < 4.78 is 4.92. The molecule has 0 saturated carbocycles. The fourth-order valence-electron chi connectivity index (χ4n) is 1.45. The van der Waals surface area contributed by atoms with E-state index in [1.807, 2.05) is 13.8 Å². The number of aliphatic hydroxyl groups is 1. The minimum Gasteiger partial charge on any atom is -0.481 e. The quantitative estimate of drug-likeness (QED) is 0.798. The van der Waals surface area contributed by atoms with Crippen molar-refractivity contribution in [2.24, 2.45) is 5.41 Å². The van der Waals surface area contributed by atoms with E-state index in [4.69, 9.17) is 9.84 Å². The highest BCUT2D eigenvalue weighted by molar-refractivity contribution is 5.93. The zero-order chi connectivity index (χ0) is 13.6. The number of rotatable bonds is 6. The van der Waals surface area contributed by atoms with E-state index in [1.165, 1.54) is 13.3 Å². The van der Waals surface area contributed by atoms with E-state index < -0.39 is 0 Å². The van der Waals surface area contributed by atoms with Crippen molar-refractivity contribution in [3.63, 3.8) is 0 Å². The standard InChI is InChI=1S/C13H20N2O3/c1-13(2,6-7-16)9-15-12(17)10-4-5-11(18-3)14-8-10/h4-5,8,16H,6-7,9H2,1-3H3,(H,15,17). The third kappa shape index (κ3) is 4.33. The van der Waals surface area contributed by atoms with Crippen LogP contribution in [0, 0.1) is 5.41 Å². The van der Waals surface area contributed by atoms with Gasteiger partial charge in [-0.05, 0) is 17.9 Å². The molecule has 0 bridgehead atoms. The number of aliphatic hydroxyl groups excluding tert-OH is 1. The summed E-state index contributed by atoms with van der Waals surface area (Å²) in [6.45, 7) is 4.62. The molecule has 5 heteroatoms. The van der Waals surface area contributed by atoms with Crippen molar-refractivity contribution in [2.75, 3.05) is 20.3 Å². The maximum Gasteiger partial charge on any atom is 0.252 e. The lowest BCUT2D eigenvalue weighted by Gasteiger charge is -2.23. The van der Waals surface area contributed by atoms with Gasteiger partial charge in [0.2, 0.25) is 5.88 Å². The van der Waals surface area contributed by atoms with E-state index >= 15 is 0 Å². The molecule has 0 fully saturated rings. The SMILES string of the molecule is COc1ccc(C(=O)NCC(C)(C)CCO)cn1. The highest BCUT2D eigenvalue weighted by Gasteiger charge is 2.18. The fraction of sp³-hybridized carbons (Fsp3) is 0.538. The molecule has 1 aromatic rings. The van der Waals surface area contributed by atoms with E-state index in [9.17, 15) is 4.79 Å². The Morgan fingerprint density at radius 3 is 2.72 bits per heavy atom. The van der Waals surface area contributed by atoms with Crippen LogP contribution in [0.3, 0.4) is 0 Å². The van der Waals surface area contributed by atoms with Gasteiger partial charge in [-0.15, -0.1) is 0 Å². The van der Waals surface area contributed by atoms with E-state index in [2.05, 4.69) is 10.3 Å². The molecule has 1 heterocycles. The van der Waals surface area contributed by atoms with Crippen molar-refractivity contribution in [1.82, 2.24) is 10.3 Å². The van der Waals surface area contributed by atoms with Crippen LogP contribution < -0.4 is 10.1 Å². The molecule has 0 aromatic carbocycles. The first-order valence-corrected chi connectivity index (χ1v) is 5.87. The molecule has 0 atom stereocenters. The summed E-state index contributed by atoms with van der Waals surface area (Å²) >= 11 is 0. The molecule has 0 aliphatic heterocycles. The van der Waals surface area contributed by atoms with Crippen LogP contribution in [-0.2, 0) is 0 Å². The van der Waals surface area contributed by atoms with E-state index in [1.54, 1.807) is 12.1 Å². The number of nitrogens with one attached hydrogen (secondary N) is 1. The largest absolute Gasteiger partial charge is 0.481 e. The van der Waals surface area contributed by atoms with Crippen molar-refractivity contribution < 1.29 is 14.6 Å². The van der Waals surface area contributed by atoms with Crippen molar-refractivity contribution in [1.29, 1.82) is 0 Å². The number of carbonyl (C=O) groups is 1. The van der Waals surface area contributed by atoms with Gasteiger partial charge in [0.1, 0.15) is 0 Å². The number of amides is 1. The Morgan fingerprint density at radius 1 is 1.50 bits per heavy atom. The molecule has 0 aliphatic rings. The number of methoxy groups -OCH3 is 1. The Hall–Kier alpha value is -1.62. The maximum atomic E-state index is 11.8. The molecular formula is C13H20N2O3. The average Bonchev–Trinajstić information content (AvgIpc) is 2.36. The number of hydrogen-bond acceptors (Lipinski definition) is 4. The van der Waals surface area contributed by atoms with Gasteiger partial charge in [0.05, 0.1) is 12.7 Å². The first-order chi connectivity index (χ1) is 8.48. The Balaban J connectivity index is 2.54. The molecular weight excluding hydrogens is 232 g/mol. The molecule has 1 aromatic heterocycles. The summed E-state index contributed by atoms with van der Waals surface area (Å²) in [7, 11) is 1.53. The lowest BCUT2D eigenvalue weighted by atomic mass is 9.90. The predicted octanol–water partition coefficient (Wildman–Crippen LogP) is 1.23. The summed E-state index contributed by atoms with van der Waals surface area (Å²) in [5, 5.41) is 11.7. The Kier molecular flexibility index (Phi) is 5.09. The number of carbonyl (C=O) groups excluding carboxylic acids is 1. The molecule has 1 rings (SSSR count). The van der Waals surface area contributed by atoms with Gasteiger partial charge in [-0.2, -0.15) is 0 Å². The van der Waals surface area contributed by atoms with Gasteiger partial charge in [0.25, 0.3) is 5.91 Å². The summed E-state index contributed by atoms with van der Waals surface area (Å²) in [6.07, 6.45) is 2.13. The summed E-state index contributed by atoms with van der Waals surface area (Å²) in [5.41, 5.74) is 0.375. The van der Waals surface area contributed by atoms with Crippen LogP contribution >= 0.6 is 0 Å². The first-order valence-electron chi connectivity index (χ1n) is 5.87. The van der Waals surface area contributed by atoms with Crippen molar-refractivity contribution in [3.05, 3.63) is 23.9 Å². The van der Waals surface area contributed by atoms with Crippen LogP contribution in [0.4, 0.5) is 0 Å². The molecule has 100 valence electrons. The van der Waals surface area contributed by atoms with Crippen molar-refractivity contribution in [2.45, 2.75) is 20.3 Å². The highest BCUT2D eigenvalue weighted by Crippen LogP contribution is 2.18. The number of ether oxygens (including phenoxy) is 1. The smallest absolute Gasteiger partial charge is 0.252 e. The average molecular weight is 252 g/mol. The second kappa shape index (κ2) is 6.35. The lowest BCUT2D eigenvalue weighted by molar-refractivity contribution is 0.0927. The molecule has 5 nitrogen and oxygen atoms in total. The maximum absolute atomic E-state index is 11.8. The predicted molar refractivity (Wildman–Crippen MR) is 68.6 cm³/mol. The van der Waals surface area contributed by atoms with E-state index in [0.29, 0.717) is 24.4 Å². The van der Waals surface area contributed by atoms with E-state index in [-0.39, 0.29) is 17.9 Å². The summed E-state index contributed by atoms with van der Waals surface area (Å²) in [5.74, 6) is 0.309. The number of hydrogen-bond donors (Lipinski definition) is 2. The van der Waals surface area contributed by atoms with Gasteiger partial charge in [0.15, 0.2) is 0 Å². The lowest BCUT2D eigenvalue weighted by Crippen LogP contribution is -2.34. The Bertz CT molecular complexity index is 388. The normalized spacial score (nSPS) is 11.1. The molecule has 0 spiro atoms. The van der Waals surface area contributed by atoms with E-state index in [0.717, 1.165) is 0 Å². The molecule has 0 unspecified atom stereocenters. The van der Waals surface area contributed by atoms with Crippen LogP contribution in [0.25, 0.3) is 0 Å². The van der Waals surface area contributed by atoms with Gasteiger partial charge in [-0.3, -0.25) is 4.79 Å². The molecule has 18 heavy (non-hydrogen) atoms. The van der Waals surface area contributed by atoms with Crippen LogP contribution in [0.5, 0.6) is 5.88 Å². The number of aromatic nitrogens is 1. The fourth-order valence-corrected chi connectivity index (χ4v) is 1.45. The summed E-state index contributed by atoms with van der Waals surface area (Å²) in [6, 6.07) is 3.31. The van der Waals surface area contributed by atoms with Crippen molar-refractivity contribution >= 4 is 5.91 Å². The third-order valence-electron chi connectivity index (χ3n) is 2.72. The number of nitrogens with zero attached hydrogens (tertiary/aromatic N) is 1. The topological polar surface area (TPSA) is 71.5 Å². The van der Waals surface area contributed by atoms with Gasteiger partial charge in [-0.25, -0.2) is 4.98 Å². The molecule has 1 amide bonds. The highest BCUT2D eigenvalue weighted by atomic mass is 16.5. The van der Waals surface area contributed by atoms with Crippen LogP contribution in [-0.4, -0.2) is 36.3 Å². The van der Waals surface area contributed by atoms with Crippen molar-refractivity contribution in [3.8, 4) is 5.88 Å². The third-order valence-corrected chi connectivity index (χ3v) is 2.72.